The summed E-state index contributed by atoms with van der Waals surface area (Å²) in [6, 6.07) is 7.51. The van der Waals surface area contributed by atoms with Gasteiger partial charge in [-0.1, -0.05) is 18.5 Å². The molecule has 2 aromatic carbocycles. The largest absolute Gasteiger partial charge is 0.490 e. The smallest absolute Gasteiger partial charge is 0.185 e. The predicted octanol–water partition coefficient (Wildman–Crippen LogP) is 4.55. The molecule has 3 rings (SSSR count). The van der Waals surface area contributed by atoms with Gasteiger partial charge in [0, 0.05) is 5.02 Å². The fourth-order valence-corrected chi connectivity index (χ4v) is 5.19. The molecule has 0 aromatic heterocycles. The summed E-state index contributed by atoms with van der Waals surface area (Å²) in [4.78, 5) is 0.0141. The maximum atomic E-state index is 14.4. The minimum absolute atomic E-state index is 0.0141. The van der Waals surface area contributed by atoms with Gasteiger partial charge in [0.15, 0.2) is 21.4 Å². The van der Waals surface area contributed by atoms with Crippen molar-refractivity contribution in [2.45, 2.75) is 23.5 Å². The Morgan fingerprint density at radius 2 is 1.71 bits per heavy atom. The molecule has 0 saturated carbocycles. The molecule has 0 bridgehead atoms. The molecule has 3 nitrogen and oxygen atoms in total. The monoisotopic (exact) mass is 372 g/mol. The van der Waals surface area contributed by atoms with E-state index in [9.17, 15) is 17.2 Å². The highest BCUT2D eigenvalue weighted by molar-refractivity contribution is 7.91. The van der Waals surface area contributed by atoms with Gasteiger partial charge in [0.1, 0.15) is 11.1 Å². The molecule has 0 N–H and O–H groups in total. The fraction of sp³-hybridized carbons (Fsp3) is 0.294. The molecule has 0 radical (unpaired) electrons. The van der Waals surface area contributed by atoms with Crippen LogP contribution < -0.4 is 4.74 Å². The van der Waals surface area contributed by atoms with Crippen LogP contribution in [0, 0.1) is 17.6 Å². The van der Waals surface area contributed by atoms with E-state index in [2.05, 4.69) is 0 Å². The standard InChI is InChI=1S/C17H15ClF2O3S/c1-10-8-9-23-16-14(20)7-6-13(19)15(16)17(10)24(21,22)12-4-2-11(18)3-5-12/h2-7,10,17H,8-9H2,1H3/t10-,17-/m1/s1. The van der Waals surface area contributed by atoms with Crippen LogP contribution >= 0.6 is 11.6 Å². The lowest BCUT2D eigenvalue weighted by Gasteiger charge is -2.23. The van der Waals surface area contributed by atoms with E-state index in [0.29, 0.717) is 11.4 Å². The Morgan fingerprint density at radius 1 is 1.08 bits per heavy atom. The van der Waals surface area contributed by atoms with Crippen LogP contribution in [-0.2, 0) is 9.84 Å². The Labute approximate surface area is 144 Å². The van der Waals surface area contributed by atoms with E-state index in [1.807, 2.05) is 0 Å². The lowest BCUT2D eigenvalue weighted by atomic mass is 9.97. The van der Waals surface area contributed by atoms with E-state index in [1.165, 1.54) is 24.3 Å². The molecule has 0 aliphatic carbocycles. The average Bonchev–Trinajstić information content (AvgIpc) is 2.71. The summed E-state index contributed by atoms with van der Waals surface area (Å²) in [6.07, 6.45) is 0.366. The molecule has 0 unspecified atom stereocenters. The molecule has 0 fully saturated rings. The lowest BCUT2D eigenvalue weighted by molar-refractivity contribution is 0.286. The molecule has 1 aliphatic heterocycles. The molecular weight excluding hydrogens is 358 g/mol. The molecule has 0 spiro atoms. The highest BCUT2D eigenvalue weighted by Gasteiger charge is 2.40. The van der Waals surface area contributed by atoms with Crippen LogP contribution in [0.5, 0.6) is 5.75 Å². The van der Waals surface area contributed by atoms with Gasteiger partial charge in [0.25, 0.3) is 0 Å². The first-order valence-electron chi connectivity index (χ1n) is 7.42. The van der Waals surface area contributed by atoms with Gasteiger partial charge in [-0.05, 0) is 48.7 Å². The van der Waals surface area contributed by atoms with Crippen LogP contribution in [0.2, 0.25) is 5.02 Å². The van der Waals surface area contributed by atoms with Crippen LogP contribution in [0.15, 0.2) is 41.3 Å². The van der Waals surface area contributed by atoms with Crippen molar-refractivity contribution in [1.29, 1.82) is 0 Å². The average molecular weight is 373 g/mol. The van der Waals surface area contributed by atoms with Crippen LogP contribution in [0.4, 0.5) is 8.78 Å². The molecule has 2 aromatic rings. The van der Waals surface area contributed by atoms with Crippen molar-refractivity contribution in [3.8, 4) is 5.75 Å². The van der Waals surface area contributed by atoms with Gasteiger partial charge in [-0.15, -0.1) is 0 Å². The Balaban J connectivity index is 2.23. The first-order chi connectivity index (χ1) is 11.3. The first kappa shape index (κ1) is 17.2. The first-order valence-corrected chi connectivity index (χ1v) is 9.35. The van der Waals surface area contributed by atoms with E-state index < -0.39 is 32.6 Å². The van der Waals surface area contributed by atoms with Gasteiger partial charge in [-0.2, -0.15) is 0 Å². The molecule has 128 valence electrons. The predicted molar refractivity (Wildman–Crippen MR) is 87.0 cm³/mol. The summed E-state index contributed by atoms with van der Waals surface area (Å²) in [5, 5.41) is -0.837. The molecular formula is C17H15ClF2O3S. The second-order valence-corrected chi connectivity index (χ2v) is 8.31. The topological polar surface area (TPSA) is 43.4 Å². The zero-order valence-electron chi connectivity index (χ0n) is 12.8. The molecule has 7 heteroatoms. The number of fused-ring (bicyclic) bond motifs is 1. The zero-order valence-corrected chi connectivity index (χ0v) is 14.4. The third-order valence-corrected chi connectivity index (χ3v) is 6.74. The van der Waals surface area contributed by atoms with Gasteiger partial charge < -0.3 is 4.74 Å². The molecule has 0 saturated heterocycles. The summed E-state index contributed by atoms with van der Waals surface area (Å²) in [7, 11) is -3.95. The lowest BCUT2D eigenvalue weighted by Crippen LogP contribution is -2.21. The zero-order chi connectivity index (χ0) is 17.5. The Hall–Kier alpha value is -1.66. The van der Waals surface area contributed by atoms with Crippen molar-refractivity contribution in [3.05, 3.63) is 58.6 Å². The number of ether oxygens (including phenoxy) is 1. The highest BCUT2D eigenvalue weighted by Crippen LogP contribution is 2.45. The van der Waals surface area contributed by atoms with Gasteiger partial charge in [0.2, 0.25) is 0 Å². The van der Waals surface area contributed by atoms with E-state index in [-0.39, 0.29) is 22.8 Å². The molecule has 2 atom stereocenters. The van der Waals surface area contributed by atoms with Gasteiger partial charge in [0.05, 0.1) is 17.1 Å². The van der Waals surface area contributed by atoms with Gasteiger partial charge in [-0.25, -0.2) is 17.2 Å². The van der Waals surface area contributed by atoms with Crippen LogP contribution in [-0.4, -0.2) is 15.0 Å². The van der Waals surface area contributed by atoms with Crippen molar-refractivity contribution < 1.29 is 21.9 Å². The van der Waals surface area contributed by atoms with Crippen LogP contribution in [0.3, 0.4) is 0 Å². The minimum atomic E-state index is -3.95. The minimum Gasteiger partial charge on any atom is -0.490 e. The number of halogens is 3. The molecule has 0 amide bonds. The molecule has 1 aliphatic rings. The summed E-state index contributed by atoms with van der Waals surface area (Å²) in [5.41, 5.74) is -0.241. The van der Waals surface area contributed by atoms with E-state index in [4.69, 9.17) is 16.3 Å². The molecule has 24 heavy (non-hydrogen) atoms. The quantitative estimate of drug-likeness (QED) is 0.776. The number of sulfone groups is 1. The van der Waals surface area contributed by atoms with E-state index in [1.54, 1.807) is 6.92 Å². The second kappa shape index (κ2) is 6.33. The third kappa shape index (κ3) is 2.89. The normalized spacial score (nSPS) is 20.8. The van der Waals surface area contributed by atoms with Crippen molar-refractivity contribution in [2.75, 3.05) is 6.61 Å². The van der Waals surface area contributed by atoms with Gasteiger partial charge in [-0.3, -0.25) is 0 Å². The summed E-state index contributed by atoms with van der Waals surface area (Å²) >= 11 is 5.80. The van der Waals surface area contributed by atoms with E-state index in [0.717, 1.165) is 12.1 Å². The number of hydrogen-bond acceptors (Lipinski definition) is 3. The van der Waals surface area contributed by atoms with Crippen molar-refractivity contribution >= 4 is 21.4 Å². The SMILES string of the molecule is C[C@@H]1CCOc2c(F)ccc(F)c2[C@@H]1S(=O)(=O)c1ccc(Cl)cc1. The van der Waals surface area contributed by atoms with Gasteiger partial charge >= 0.3 is 0 Å². The maximum absolute atomic E-state index is 14.4. The molecule has 1 heterocycles. The second-order valence-electron chi connectivity index (χ2n) is 5.81. The summed E-state index contributed by atoms with van der Waals surface area (Å²) in [6.45, 7) is 1.82. The summed E-state index contributed by atoms with van der Waals surface area (Å²) < 4.78 is 60.0. The third-order valence-electron chi connectivity index (χ3n) is 4.19. The fourth-order valence-electron chi connectivity index (χ4n) is 2.98. The van der Waals surface area contributed by atoms with Crippen molar-refractivity contribution in [2.24, 2.45) is 5.92 Å². The maximum Gasteiger partial charge on any atom is 0.185 e. The Kier molecular flexibility index (Phi) is 4.53. The van der Waals surface area contributed by atoms with Crippen LogP contribution in [0.25, 0.3) is 0 Å². The number of hydrogen-bond donors (Lipinski definition) is 0. The number of rotatable bonds is 2. The van der Waals surface area contributed by atoms with E-state index >= 15 is 0 Å². The Morgan fingerprint density at radius 3 is 2.38 bits per heavy atom. The van der Waals surface area contributed by atoms with Crippen LogP contribution in [0.1, 0.15) is 24.2 Å². The van der Waals surface area contributed by atoms with Crippen molar-refractivity contribution in [3.63, 3.8) is 0 Å². The number of benzene rings is 2. The highest BCUT2D eigenvalue weighted by atomic mass is 35.5. The van der Waals surface area contributed by atoms with Crippen molar-refractivity contribution in [1.82, 2.24) is 0 Å². The summed E-state index contributed by atoms with van der Waals surface area (Å²) in [5.74, 6) is -2.32. The Bertz CT molecular complexity index is 866.